The van der Waals surface area contributed by atoms with Crippen LogP contribution in [0.25, 0.3) is 0 Å². The molecule has 0 fully saturated rings. The molecule has 0 spiro atoms. The summed E-state index contributed by atoms with van der Waals surface area (Å²) in [6.45, 7) is 1.95. The molecule has 1 rings (SSSR count). The van der Waals surface area contributed by atoms with Crippen molar-refractivity contribution in [2.45, 2.75) is 19.4 Å². The van der Waals surface area contributed by atoms with Crippen molar-refractivity contribution < 1.29 is 0 Å². The summed E-state index contributed by atoms with van der Waals surface area (Å²) in [5.41, 5.74) is 6.62. The SMILES string of the molecule is C[C@H](N)Cc1c(Cl)ncn1C. The number of aryl methyl sites for hydroxylation is 1. The highest BCUT2D eigenvalue weighted by molar-refractivity contribution is 6.30. The summed E-state index contributed by atoms with van der Waals surface area (Å²) < 4.78 is 1.89. The van der Waals surface area contributed by atoms with Crippen LogP contribution < -0.4 is 5.73 Å². The zero-order valence-corrected chi connectivity index (χ0v) is 7.47. The lowest BCUT2D eigenvalue weighted by molar-refractivity contribution is 0.690. The fourth-order valence-electron chi connectivity index (χ4n) is 0.960. The van der Waals surface area contributed by atoms with E-state index in [0.717, 1.165) is 12.1 Å². The predicted molar refractivity (Wildman–Crippen MR) is 45.6 cm³/mol. The highest BCUT2D eigenvalue weighted by atomic mass is 35.5. The number of nitrogens with two attached hydrogens (primary N) is 1. The highest BCUT2D eigenvalue weighted by Crippen LogP contribution is 2.13. The monoisotopic (exact) mass is 173 g/mol. The second kappa shape index (κ2) is 3.24. The van der Waals surface area contributed by atoms with Crippen LogP contribution >= 0.6 is 11.6 Å². The third kappa shape index (κ3) is 1.94. The summed E-state index contributed by atoms with van der Waals surface area (Å²) in [6, 6.07) is 0.128. The van der Waals surface area contributed by atoms with Gasteiger partial charge in [-0.25, -0.2) is 4.98 Å². The standard InChI is InChI=1S/C7H12ClN3/c1-5(9)3-6-7(8)10-4-11(6)2/h4-5H,3,9H2,1-2H3/t5-/m0/s1. The first-order valence-electron chi connectivity index (χ1n) is 3.52. The van der Waals surface area contributed by atoms with Crippen molar-refractivity contribution in [3.05, 3.63) is 17.2 Å². The minimum Gasteiger partial charge on any atom is -0.336 e. The maximum Gasteiger partial charge on any atom is 0.150 e. The predicted octanol–water partition coefficient (Wildman–Crippen LogP) is 0.963. The average molecular weight is 174 g/mol. The fraction of sp³-hybridized carbons (Fsp3) is 0.571. The molecule has 1 heterocycles. The van der Waals surface area contributed by atoms with Crippen LogP contribution in [0.3, 0.4) is 0 Å². The second-order valence-electron chi connectivity index (χ2n) is 2.77. The van der Waals surface area contributed by atoms with E-state index in [1.54, 1.807) is 6.33 Å². The average Bonchev–Trinajstić information content (AvgIpc) is 2.18. The van der Waals surface area contributed by atoms with Crippen LogP contribution in [0.2, 0.25) is 5.15 Å². The summed E-state index contributed by atoms with van der Waals surface area (Å²) in [4.78, 5) is 3.94. The molecule has 0 aliphatic heterocycles. The second-order valence-corrected chi connectivity index (χ2v) is 3.13. The Morgan fingerprint density at radius 3 is 2.82 bits per heavy atom. The van der Waals surface area contributed by atoms with Gasteiger partial charge in [0.1, 0.15) is 5.15 Å². The first-order chi connectivity index (χ1) is 5.11. The van der Waals surface area contributed by atoms with E-state index in [2.05, 4.69) is 4.98 Å². The molecule has 0 amide bonds. The molecule has 0 aliphatic carbocycles. The van der Waals surface area contributed by atoms with Crippen molar-refractivity contribution in [3.63, 3.8) is 0 Å². The number of hydrogen-bond donors (Lipinski definition) is 1. The lowest BCUT2D eigenvalue weighted by Gasteiger charge is -2.05. The largest absolute Gasteiger partial charge is 0.336 e. The van der Waals surface area contributed by atoms with E-state index in [1.807, 2.05) is 18.5 Å². The maximum atomic E-state index is 5.80. The Balaban J connectivity index is 2.83. The summed E-state index contributed by atoms with van der Waals surface area (Å²) in [6.07, 6.45) is 2.47. The van der Waals surface area contributed by atoms with Crippen LogP contribution in [0.5, 0.6) is 0 Å². The van der Waals surface area contributed by atoms with Gasteiger partial charge in [-0.15, -0.1) is 0 Å². The zero-order valence-electron chi connectivity index (χ0n) is 6.71. The van der Waals surface area contributed by atoms with E-state index in [9.17, 15) is 0 Å². The Labute approximate surface area is 71.2 Å². The van der Waals surface area contributed by atoms with Crippen molar-refractivity contribution >= 4 is 11.6 Å². The van der Waals surface area contributed by atoms with Gasteiger partial charge in [-0.3, -0.25) is 0 Å². The van der Waals surface area contributed by atoms with Gasteiger partial charge in [-0.2, -0.15) is 0 Å². The van der Waals surface area contributed by atoms with E-state index in [4.69, 9.17) is 17.3 Å². The number of rotatable bonds is 2. The lowest BCUT2D eigenvalue weighted by atomic mass is 10.2. The number of aromatic nitrogens is 2. The minimum absolute atomic E-state index is 0.128. The van der Waals surface area contributed by atoms with Crippen molar-refractivity contribution in [1.82, 2.24) is 9.55 Å². The number of imidazole rings is 1. The van der Waals surface area contributed by atoms with Crippen LogP contribution in [-0.4, -0.2) is 15.6 Å². The van der Waals surface area contributed by atoms with Crippen LogP contribution in [0.4, 0.5) is 0 Å². The molecule has 2 N–H and O–H groups in total. The molecule has 3 nitrogen and oxygen atoms in total. The summed E-state index contributed by atoms with van der Waals surface area (Å²) in [7, 11) is 1.91. The van der Waals surface area contributed by atoms with Gasteiger partial charge in [0.05, 0.1) is 12.0 Å². The smallest absolute Gasteiger partial charge is 0.150 e. The first kappa shape index (κ1) is 8.56. The van der Waals surface area contributed by atoms with Crippen LogP contribution in [0.1, 0.15) is 12.6 Å². The molecule has 0 radical (unpaired) electrons. The molecular weight excluding hydrogens is 162 g/mol. The molecule has 4 heteroatoms. The Hall–Kier alpha value is -0.540. The van der Waals surface area contributed by atoms with Crippen LogP contribution in [-0.2, 0) is 13.5 Å². The molecule has 0 bridgehead atoms. The third-order valence-electron chi connectivity index (χ3n) is 1.52. The van der Waals surface area contributed by atoms with Crippen LogP contribution in [0.15, 0.2) is 6.33 Å². The van der Waals surface area contributed by atoms with Gasteiger partial charge in [-0.05, 0) is 6.92 Å². The summed E-state index contributed by atoms with van der Waals surface area (Å²) in [5, 5.41) is 0.560. The van der Waals surface area contributed by atoms with Crippen LogP contribution in [0, 0.1) is 0 Å². The molecule has 11 heavy (non-hydrogen) atoms. The first-order valence-corrected chi connectivity index (χ1v) is 3.90. The van der Waals surface area contributed by atoms with Gasteiger partial charge >= 0.3 is 0 Å². The topological polar surface area (TPSA) is 43.8 Å². The Morgan fingerprint density at radius 1 is 1.82 bits per heavy atom. The summed E-state index contributed by atoms with van der Waals surface area (Å²) in [5.74, 6) is 0. The molecule has 62 valence electrons. The van der Waals surface area contributed by atoms with E-state index in [-0.39, 0.29) is 6.04 Å². The lowest BCUT2D eigenvalue weighted by Crippen LogP contribution is -2.19. The molecule has 1 aromatic heterocycles. The van der Waals surface area contributed by atoms with Gasteiger partial charge in [-0.1, -0.05) is 11.6 Å². The van der Waals surface area contributed by atoms with Crippen molar-refractivity contribution in [1.29, 1.82) is 0 Å². The third-order valence-corrected chi connectivity index (χ3v) is 1.84. The molecule has 1 aromatic rings. The highest BCUT2D eigenvalue weighted by Gasteiger charge is 2.07. The molecule has 0 saturated carbocycles. The molecular formula is C7H12ClN3. The van der Waals surface area contributed by atoms with Gasteiger partial charge < -0.3 is 10.3 Å². The number of halogens is 1. The number of hydrogen-bond acceptors (Lipinski definition) is 2. The maximum absolute atomic E-state index is 5.80. The Bertz CT molecular complexity index is 222. The molecule has 0 aliphatic rings. The van der Waals surface area contributed by atoms with Gasteiger partial charge in [0, 0.05) is 19.5 Å². The van der Waals surface area contributed by atoms with Gasteiger partial charge in [0.15, 0.2) is 0 Å². The van der Waals surface area contributed by atoms with Crippen molar-refractivity contribution in [3.8, 4) is 0 Å². The van der Waals surface area contributed by atoms with Crippen molar-refractivity contribution in [2.75, 3.05) is 0 Å². The van der Waals surface area contributed by atoms with E-state index in [1.165, 1.54) is 0 Å². The molecule has 0 unspecified atom stereocenters. The molecule has 0 aromatic carbocycles. The normalized spacial score (nSPS) is 13.5. The van der Waals surface area contributed by atoms with E-state index in [0.29, 0.717) is 5.15 Å². The minimum atomic E-state index is 0.128. The van der Waals surface area contributed by atoms with Gasteiger partial charge in [0.2, 0.25) is 0 Å². The molecule has 0 saturated heterocycles. The molecule has 1 atom stereocenters. The van der Waals surface area contributed by atoms with Gasteiger partial charge in [0.25, 0.3) is 0 Å². The Kier molecular flexibility index (Phi) is 2.52. The zero-order chi connectivity index (χ0) is 8.43. The summed E-state index contributed by atoms with van der Waals surface area (Å²) >= 11 is 5.80. The Morgan fingerprint density at radius 2 is 2.45 bits per heavy atom. The fourth-order valence-corrected chi connectivity index (χ4v) is 1.21. The number of nitrogens with zero attached hydrogens (tertiary/aromatic N) is 2. The van der Waals surface area contributed by atoms with E-state index >= 15 is 0 Å². The van der Waals surface area contributed by atoms with Crippen molar-refractivity contribution in [2.24, 2.45) is 12.8 Å². The van der Waals surface area contributed by atoms with E-state index < -0.39 is 0 Å². The quantitative estimate of drug-likeness (QED) is 0.724.